The lowest BCUT2D eigenvalue weighted by Gasteiger charge is -2.30. The van der Waals surface area contributed by atoms with Crippen LogP contribution in [0.25, 0.3) is 0 Å². The molecule has 2 heterocycles. The van der Waals surface area contributed by atoms with Crippen LogP contribution >= 0.6 is 0 Å². The highest BCUT2D eigenvalue weighted by molar-refractivity contribution is 5.92. The molecule has 1 aromatic heterocycles. The molecule has 3 rings (SSSR count). The van der Waals surface area contributed by atoms with Crippen LogP contribution in [-0.2, 0) is 16.1 Å². The molecule has 8 heteroatoms. The Morgan fingerprint density at radius 2 is 2.07 bits per heavy atom. The number of likely N-dealkylation sites (tertiary alicyclic amines) is 1. The fourth-order valence-electron chi connectivity index (χ4n) is 3.49. The monoisotopic (exact) mass is 416 g/mol. The lowest BCUT2D eigenvalue weighted by molar-refractivity contribution is -0.136. The largest absolute Gasteiger partial charge is 0.493 e. The Labute approximate surface area is 176 Å². The van der Waals surface area contributed by atoms with Gasteiger partial charge in [0.25, 0.3) is 5.91 Å². The Balaban J connectivity index is 1.59. The van der Waals surface area contributed by atoms with Gasteiger partial charge in [-0.25, -0.2) is 4.79 Å². The number of amides is 1. The molecular weight excluding hydrogens is 388 g/mol. The van der Waals surface area contributed by atoms with Crippen molar-refractivity contribution in [3.8, 4) is 11.5 Å². The van der Waals surface area contributed by atoms with Crippen LogP contribution in [0.4, 0.5) is 0 Å². The molecule has 1 amide bonds. The molecular formula is C22H28N2O6. The van der Waals surface area contributed by atoms with Crippen molar-refractivity contribution in [3.63, 3.8) is 0 Å². The van der Waals surface area contributed by atoms with Crippen molar-refractivity contribution < 1.29 is 28.3 Å². The van der Waals surface area contributed by atoms with Crippen LogP contribution in [0, 0.1) is 19.8 Å². The molecule has 1 aromatic carbocycles. The number of benzene rings is 1. The molecule has 0 radical (unpaired) electrons. The van der Waals surface area contributed by atoms with Crippen molar-refractivity contribution >= 4 is 11.9 Å². The number of piperidine rings is 1. The summed E-state index contributed by atoms with van der Waals surface area (Å²) in [6, 6.07) is 4.77. The number of hydrogen-bond donors (Lipinski definition) is 0. The van der Waals surface area contributed by atoms with E-state index in [9.17, 15) is 9.59 Å². The van der Waals surface area contributed by atoms with Crippen molar-refractivity contribution in [1.29, 1.82) is 0 Å². The Morgan fingerprint density at radius 3 is 2.73 bits per heavy atom. The number of ether oxygens (including phenoxy) is 3. The van der Waals surface area contributed by atoms with Gasteiger partial charge in [0.1, 0.15) is 12.4 Å². The van der Waals surface area contributed by atoms with Crippen molar-refractivity contribution in [3.05, 3.63) is 40.8 Å². The molecule has 0 bridgehead atoms. The molecule has 0 aliphatic carbocycles. The number of esters is 1. The molecule has 1 aliphatic rings. The Kier molecular flexibility index (Phi) is 6.97. The molecule has 0 spiro atoms. The molecule has 1 atom stereocenters. The van der Waals surface area contributed by atoms with Gasteiger partial charge in [0, 0.05) is 13.1 Å². The molecule has 8 nitrogen and oxygen atoms in total. The second kappa shape index (κ2) is 9.65. The molecule has 2 aromatic rings. The van der Waals surface area contributed by atoms with E-state index in [1.165, 1.54) is 7.11 Å². The average molecular weight is 416 g/mol. The van der Waals surface area contributed by atoms with E-state index < -0.39 is 5.97 Å². The van der Waals surface area contributed by atoms with Gasteiger partial charge in [-0.3, -0.25) is 4.79 Å². The Hall–Kier alpha value is -3.03. The zero-order chi connectivity index (χ0) is 21.7. The van der Waals surface area contributed by atoms with Crippen molar-refractivity contribution in [2.75, 3.05) is 26.8 Å². The highest BCUT2D eigenvalue weighted by atomic mass is 16.5. The molecule has 1 fully saturated rings. The summed E-state index contributed by atoms with van der Waals surface area (Å²) in [4.78, 5) is 26.5. The second-order valence-electron chi connectivity index (χ2n) is 7.62. The summed E-state index contributed by atoms with van der Waals surface area (Å²) in [6.07, 6.45) is 2.10. The zero-order valence-electron chi connectivity index (χ0n) is 17.9. The molecule has 162 valence electrons. The standard InChI is InChI=1S/C22H28N2O6/c1-14-6-5-9-24(11-14)21(25)13-29-22(26)17-7-8-19(20(10-17)27-4)28-12-18-15(2)23-30-16(18)3/h7-8,10,14H,5-6,9,11-13H2,1-4H3/t14-/m0/s1. The van der Waals surface area contributed by atoms with E-state index in [4.69, 9.17) is 18.7 Å². The second-order valence-corrected chi connectivity index (χ2v) is 7.62. The third-order valence-electron chi connectivity index (χ3n) is 5.29. The van der Waals surface area contributed by atoms with Gasteiger partial charge in [0.2, 0.25) is 0 Å². The number of aryl methyl sites for hydroxylation is 2. The highest BCUT2D eigenvalue weighted by Crippen LogP contribution is 2.30. The van der Waals surface area contributed by atoms with Gasteiger partial charge >= 0.3 is 5.97 Å². The Bertz CT molecular complexity index is 888. The van der Waals surface area contributed by atoms with Gasteiger partial charge < -0.3 is 23.6 Å². The molecule has 0 saturated carbocycles. The fraction of sp³-hybridized carbons (Fsp3) is 0.500. The molecule has 0 unspecified atom stereocenters. The number of carbonyl (C=O) groups is 2. The number of aromatic nitrogens is 1. The maximum absolute atomic E-state index is 12.4. The maximum atomic E-state index is 12.4. The van der Waals surface area contributed by atoms with Gasteiger partial charge in [-0.05, 0) is 50.8 Å². The Morgan fingerprint density at radius 1 is 1.27 bits per heavy atom. The fourth-order valence-corrected chi connectivity index (χ4v) is 3.49. The first-order valence-corrected chi connectivity index (χ1v) is 10.1. The summed E-state index contributed by atoms with van der Waals surface area (Å²) >= 11 is 0. The van der Waals surface area contributed by atoms with E-state index in [-0.39, 0.29) is 24.7 Å². The van der Waals surface area contributed by atoms with Crippen LogP contribution in [0.2, 0.25) is 0 Å². The number of methoxy groups -OCH3 is 1. The van der Waals surface area contributed by atoms with Crippen LogP contribution in [0.3, 0.4) is 0 Å². The maximum Gasteiger partial charge on any atom is 0.338 e. The van der Waals surface area contributed by atoms with Gasteiger partial charge in [-0.2, -0.15) is 0 Å². The van der Waals surface area contributed by atoms with Gasteiger partial charge in [-0.1, -0.05) is 12.1 Å². The molecule has 1 saturated heterocycles. The normalized spacial score (nSPS) is 16.3. The van der Waals surface area contributed by atoms with Crippen LogP contribution in [0.5, 0.6) is 11.5 Å². The van der Waals surface area contributed by atoms with E-state index in [1.54, 1.807) is 23.1 Å². The summed E-state index contributed by atoms with van der Waals surface area (Å²) in [6.45, 7) is 7.21. The van der Waals surface area contributed by atoms with E-state index in [2.05, 4.69) is 12.1 Å². The summed E-state index contributed by atoms with van der Waals surface area (Å²) in [7, 11) is 1.49. The van der Waals surface area contributed by atoms with Crippen molar-refractivity contribution in [1.82, 2.24) is 10.1 Å². The third-order valence-corrected chi connectivity index (χ3v) is 5.29. The summed E-state index contributed by atoms with van der Waals surface area (Å²) in [5, 5.41) is 3.90. The number of hydrogen-bond acceptors (Lipinski definition) is 7. The zero-order valence-corrected chi connectivity index (χ0v) is 17.9. The van der Waals surface area contributed by atoms with Gasteiger partial charge in [-0.15, -0.1) is 0 Å². The average Bonchev–Trinajstić information content (AvgIpc) is 3.07. The highest BCUT2D eigenvalue weighted by Gasteiger charge is 2.22. The van der Waals surface area contributed by atoms with Crippen LogP contribution in [0.15, 0.2) is 22.7 Å². The SMILES string of the molecule is COc1cc(C(=O)OCC(=O)N2CCC[C@H](C)C2)ccc1OCc1c(C)noc1C. The third kappa shape index (κ3) is 5.11. The van der Waals surface area contributed by atoms with Crippen LogP contribution < -0.4 is 9.47 Å². The lowest BCUT2D eigenvalue weighted by Crippen LogP contribution is -2.41. The number of rotatable bonds is 7. The molecule has 1 aliphatic heterocycles. The topological polar surface area (TPSA) is 91.1 Å². The number of carbonyl (C=O) groups excluding carboxylic acids is 2. The van der Waals surface area contributed by atoms with E-state index in [0.717, 1.165) is 24.1 Å². The molecule has 0 N–H and O–H groups in total. The number of nitrogens with zero attached hydrogens (tertiary/aromatic N) is 2. The van der Waals surface area contributed by atoms with Crippen LogP contribution in [-0.4, -0.2) is 48.7 Å². The smallest absolute Gasteiger partial charge is 0.338 e. The van der Waals surface area contributed by atoms with Crippen molar-refractivity contribution in [2.24, 2.45) is 5.92 Å². The van der Waals surface area contributed by atoms with Crippen LogP contribution in [0.1, 0.15) is 47.1 Å². The minimum Gasteiger partial charge on any atom is -0.493 e. The van der Waals surface area contributed by atoms with E-state index >= 15 is 0 Å². The summed E-state index contributed by atoms with van der Waals surface area (Å²) in [5.74, 6) is 1.30. The van der Waals surface area contributed by atoms with Gasteiger partial charge in [0.15, 0.2) is 18.1 Å². The minimum absolute atomic E-state index is 0.165. The van der Waals surface area contributed by atoms with E-state index in [0.29, 0.717) is 36.3 Å². The quantitative estimate of drug-likeness (QED) is 0.640. The first-order chi connectivity index (χ1) is 14.4. The van der Waals surface area contributed by atoms with E-state index in [1.807, 2.05) is 13.8 Å². The first kappa shape index (κ1) is 21.7. The van der Waals surface area contributed by atoms with Gasteiger partial charge in [0.05, 0.1) is 23.9 Å². The predicted molar refractivity (Wildman–Crippen MR) is 109 cm³/mol. The lowest BCUT2D eigenvalue weighted by atomic mass is 10.0. The summed E-state index contributed by atoms with van der Waals surface area (Å²) < 4.78 is 21.5. The summed E-state index contributed by atoms with van der Waals surface area (Å²) in [5.41, 5.74) is 1.92. The van der Waals surface area contributed by atoms with Crippen molar-refractivity contribution in [2.45, 2.75) is 40.2 Å². The molecule has 30 heavy (non-hydrogen) atoms. The minimum atomic E-state index is -0.580. The first-order valence-electron chi connectivity index (χ1n) is 10.1. The predicted octanol–water partition coefficient (Wildman–Crippen LogP) is 3.29.